The normalized spacial score (nSPS) is 11.8. The fraction of sp³-hybridized carbons (Fsp3) is 0. The van der Waals surface area contributed by atoms with Crippen LogP contribution < -0.4 is 0 Å². The van der Waals surface area contributed by atoms with Crippen molar-refractivity contribution in [1.29, 1.82) is 0 Å². The lowest BCUT2D eigenvalue weighted by Crippen LogP contribution is -1.99. The van der Waals surface area contributed by atoms with Crippen LogP contribution in [-0.2, 0) is 0 Å². The summed E-state index contributed by atoms with van der Waals surface area (Å²) in [5, 5.41) is 5.12. The molecule has 2 aliphatic heterocycles. The summed E-state index contributed by atoms with van der Waals surface area (Å²) in [7, 11) is 0. The fourth-order valence-electron chi connectivity index (χ4n) is 2.44. The van der Waals surface area contributed by atoms with Crippen molar-refractivity contribution in [3.63, 3.8) is 0 Å². The van der Waals surface area contributed by atoms with Crippen LogP contribution in [0.5, 0.6) is 0 Å². The van der Waals surface area contributed by atoms with Gasteiger partial charge in [0.05, 0.1) is 10.7 Å². The lowest BCUT2D eigenvalue weighted by molar-refractivity contribution is 0.982. The zero-order valence-electron chi connectivity index (χ0n) is 8.67. The standard InChI is InChI=1S/C14H10N2/c1-3-11-5-10-16-8-2-4-12-6-9-15(7-1)13(11)14(12)16/h1-10H. The van der Waals surface area contributed by atoms with E-state index in [2.05, 4.69) is 70.0 Å². The molecule has 2 aromatic heterocycles. The summed E-state index contributed by atoms with van der Waals surface area (Å²) in [6, 6.07) is 12.8. The van der Waals surface area contributed by atoms with Gasteiger partial charge in [0.25, 0.3) is 0 Å². The zero-order valence-corrected chi connectivity index (χ0v) is 8.67. The van der Waals surface area contributed by atoms with Crippen molar-refractivity contribution < 1.29 is 0 Å². The maximum absolute atomic E-state index is 2.18. The Balaban J connectivity index is 2.61. The minimum Gasteiger partial charge on any atom is -0.321 e. The predicted molar refractivity (Wildman–Crippen MR) is 63.7 cm³/mol. The van der Waals surface area contributed by atoms with Gasteiger partial charge in [0, 0.05) is 35.6 Å². The van der Waals surface area contributed by atoms with E-state index in [9.17, 15) is 0 Å². The van der Waals surface area contributed by atoms with Crippen LogP contribution in [0.4, 0.5) is 0 Å². The Bertz CT molecular complexity index is 715. The molecule has 4 heterocycles. The molecule has 0 atom stereocenters. The number of hydrogen-bond acceptors (Lipinski definition) is 0. The summed E-state index contributed by atoms with van der Waals surface area (Å²) in [6.07, 6.45) is 8.42. The van der Waals surface area contributed by atoms with Gasteiger partial charge in [-0.3, -0.25) is 0 Å². The zero-order chi connectivity index (χ0) is 10.5. The average molecular weight is 206 g/mol. The van der Waals surface area contributed by atoms with Crippen molar-refractivity contribution in [3.8, 4) is 0 Å². The van der Waals surface area contributed by atoms with Crippen molar-refractivity contribution in [2.75, 3.05) is 0 Å². The second kappa shape index (κ2) is 2.67. The van der Waals surface area contributed by atoms with Gasteiger partial charge >= 0.3 is 0 Å². The van der Waals surface area contributed by atoms with E-state index in [1.54, 1.807) is 0 Å². The molecule has 0 spiro atoms. The molecule has 0 saturated heterocycles. The summed E-state index contributed by atoms with van der Waals surface area (Å²) < 4.78 is 4.36. The number of pyridine rings is 2. The molecular formula is C14H10N2. The van der Waals surface area contributed by atoms with Crippen molar-refractivity contribution in [1.82, 2.24) is 8.80 Å². The monoisotopic (exact) mass is 206 g/mol. The molecule has 2 nitrogen and oxygen atoms in total. The summed E-state index contributed by atoms with van der Waals surface area (Å²) >= 11 is 0. The first-order chi connectivity index (χ1) is 7.93. The molecule has 0 aromatic carbocycles. The first-order valence-corrected chi connectivity index (χ1v) is 5.38. The highest BCUT2D eigenvalue weighted by Gasteiger charge is 2.01. The number of aromatic nitrogens is 2. The highest BCUT2D eigenvalue weighted by Crippen LogP contribution is 2.14. The quantitative estimate of drug-likeness (QED) is 0.418. The molecule has 0 unspecified atom stereocenters. The van der Waals surface area contributed by atoms with Gasteiger partial charge in [-0.1, -0.05) is 12.1 Å². The van der Waals surface area contributed by atoms with Gasteiger partial charge in [0.2, 0.25) is 0 Å². The third kappa shape index (κ3) is 0.865. The average Bonchev–Trinajstić information content (AvgIpc) is 2.36. The van der Waals surface area contributed by atoms with Crippen LogP contribution in [-0.4, -0.2) is 8.80 Å². The first-order valence-electron chi connectivity index (χ1n) is 5.38. The summed E-state index contributed by atoms with van der Waals surface area (Å²) in [6.45, 7) is 0. The highest BCUT2D eigenvalue weighted by molar-refractivity contribution is 5.60. The van der Waals surface area contributed by atoms with Crippen molar-refractivity contribution in [2.45, 2.75) is 0 Å². The molecule has 2 heteroatoms. The third-order valence-electron chi connectivity index (χ3n) is 3.16. The first kappa shape index (κ1) is 7.99. The van der Waals surface area contributed by atoms with Crippen molar-refractivity contribution >= 4 is 10.8 Å². The third-order valence-corrected chi connectivity index (χ3v) is 3.16. The van der Waals surface area contributed by atoms with E-state index in [-0.39, 0.29) is 0 Å². The number of hydrogen-bond donors (Lipinski definition) is 0. The molecule has 0 bridgehead atoms. The molecule has 2 aliphatic rings. The molecule has 2 aromatic rings. The molecule has 0 N–H and O–H groups in total. The van der Waals surface area contributed by atoms with Crippen LogP contribution in [0.2, 0.25) is 0 Å². The van der Waals surface area contributed by atoms with Gasteiger partial charge in [-0.2, -0.15) is 0 Å². The Morgan fingerprint density at radius 3 is 1.56 bits per heavy atom. The Kier molecular flexibility index (Phi) is 1.33. The van der Waals surface area contributed by atoms with Gasteiger partial charge < -0.3 is 8.80 Å². The fourth-order valence-corrected chi connectivity index (χ4v) is 2.44. The van der Waals surface area contributed by atoms with Crippen molar-refractivity contribution in [2.24, 2.45) is 0 Å². The van der Waals surface area contributed by atoms with E-state index in [0.717, 1.165) is 0 Å². The van der Waals surface area contributed by atoms with E-state index in [1.807, 2.05) is 0 Å². The minimum atomic E-state index is 1.28. The Hall–Kier alpha value is -2.22. The lowest BCUT2D eigenvalue weighted by atomic mass is 10.2. The van der Waals surface area contributed by atoms with Crippen LogP contribution in [0.15, 0.2) is 61.2 Å². The van der Waals surface area contributed by atoms with Gasteiger partial charge in [-0.25, -0.2) is 0 Å². The van der Waals surface area contributed by atoms with Crippen LogP contribution in [0, 0.1) is 10.7 Å². The minimum absolute atomic E-state index is 1.28. The number of rotatable bonds is 0. The maximum atomic E-state index is 2.18. The summed E-state index contributed by atoms with van der Waals surface area (Å²) in [4.78, 5) is 0. The van der Waals surface area contributed by atoms with Crippen LogP contribution in [0.3, 0.4) is 0 Å². The van der Waals surface area contributed by atoms with Gasteiger partial charge in [0.1, 0.15) is 0 Å². The molecule has 0 radical (unpaired) electrons. The maximum Gasteiger partial charge on any atom is 0.0771 e. The molecular weight excluding hydrogens is 196 g/mol. The van der Waals surface area contributed by atoms with Gasteiger partial charge in [-0.15, -0.1) is 0 Å². The molecule has 0 amide bonds. The van der Waals surface area contributed by atoms with E-state index in [1.165, 1.54) is 21.5 Å². The Morgan fingerprint density at radius 1 is 0.562 bits per heavy atom. The molecule has 0 fully saturated rings. The predicted octanol–water partition coefficient (Wildman–Crippen LogP) is 2.92. The molecule has 0 aliphatic carbocycles. The van der Waals surface area contributed by atoms with E-state index in [4.69, 9.17) is 0 Å². The van der Waals surface area contributed by atoms with Crippen LogP contribution >= 0.6 is 0 Å². The second-order valence-corrected chi connectivity index (χ2v) is 4.07. The van der Waals surface area contributed by atoms with Crippen molar-refractivity contribution in [3.05, 3.63) is 71.9 Å². The van der Waals surface area contributed by atoms with Gasteiger partial charge in [0.15, 0.2) is 0 Å². The molecule has 76 valence electrons. The molecule has 4 rings (SSSR count). The summed E-state index contributed by atoms with van der Waals surface area (Å²) in [5.74, 6) is 0. The van der Waals surface area contributed by atoms with Gasteiger partial charge in [-0.05, 0) is 24.3 Å². The second-order valence-electron chi connectivity index (χ2n) is 4.07. The Morgan fingerprint density at radius 2 is 1.06 bits per heavy atom. The number of nitrogens with zero attached hydrogens (tertiary/aromatic N) is 2. The SMILES string of the molecule is c1cc2ccn3cccc4ccn(c1)c2=c43. The van der Waals surface area contributed by atoms with E-state index in [0.29, 0.717) is 0 Å². The van der Waals surface area contributed by atoms with E-state index >= 15 is 0 Å². The van der Waals surface area contributed by atoms with Crippen LogP contribution in [0.25, 0.3) is 10.8 Å². The highest BCUT2D eigenvalue weighted by atomic mass is 14.9. The summed E-state index contributed by atoms with van der Waals surface area (Å²) in [5.41, 5.74) is 0. The Labute approximate surface area is 92.0 Å². The largest absolute Gasteiger partial charge is 0.321 e. The van der Waals surface area contributed by atoms with E-state index < -0.39 is 0 Å². The smallest absolute Gasteiger partial charge is 0.0771 e. The lowest BCUT2D eigenvalue weighted by Gasteiger charge is -2.09. The van der Waals surface area contributed by atoms with Crippen LogP contribution in [0.1, 0.15) is 0 Å². The molecule has 0 saturated carbocycles. The topological polar surface area (TPSA) is 8.82 Å². The molecule has 16 heavy (non-hydrogen) atoms.